The largest absolute Gasteiger partial charge is 0.484 e. The Labute approximate surface area is 75.0 Å². The van der Waals surface area contributed by atoms with Crippen LogP contribution in [0, 0.1) is 11.3 Å². The van der Waals surface area contributed by atoms with Crippen molar-refractivity contribution in [1.82, 2.24) is 0 Å². The van der Waals surface area contributed by atoms with Crippen LogP contribution >= 0.6 is 0 Å². The highest BCUT2D eigenvalue weighted by Gasteiger charge is 2.28. The third kappa shape index (κ3) is 2.23. The van der Waals surface area contributed by atoms with Crippen molar-refractivity contribution in [3.63, 3.8) is 0 Å². The number of rotatable bonds is 0. The molecule has 0 saturated carbocycles. The number of ether oxygens (including phenoxy) is 1. The second-order valence-corrected chi connectivity index (χ2v) is 4.54. The molecule has 1 atom stereocenters. The van der Waals surface area contributed by atoms with Crippen molar-refractivity contribution >= 4 is 5.90 Å². The van der Waals surface area contributed by atoms with Gasteiger partial charge in [0.2, 0.25) is 0 Å². The summed E-state index contributed by atoms with van der Waals surface area (Å²) in [5.74, 6) is 1.66. The Hall–Kier alpha value is -0.530. The first-order valence-corrected chi connectivity index (χ1v) is 4.61. The predicted octanol–water partition coefficient (Wildman–Crippen LogP) is 2.49. The van der Waals surface area contributed by atoms with Crippen LogP contribution in [-0.4, -0.2) is 19.6 Å². The van der Waals surface area contributed by atoms with E-state index in [2.05, 4.69) is 25.8 Å². The van der Waals surface area contributed by atoms with Crippen molar-refractivity contribution in [3.05, 3.63) is 0 Å². The van der Waals surface area contributed by atoms with Crippen molar-refractivity contribution in [2.45, 2.75) is 33.6 Å². The number of nitrogens with zero attached hydrogens (tertiary/aromatic N) is 1. The fourth-order valence-corrected chi connectivity index (χ4v) is 1.61. The topological polar surface area (TPSA) is 21.6 Å². The van der Waals surface area contributed by atoms with E-state index in [1.165, 1.54) is 6.42 Å². The van der Waals surface area contributed by atoms with Crippen molar-refractivity contribution in [2.24, 2.45) is 16.3 Å². The van der Waals surface area contributed by atoms with Gasteiger partial charge in [0.05, 0.1) is 7.11 Å². The van der Waals surface area contributed by atoms with E-state index in [1.54, 1.807) is 7.11 Å². The SMILES string of the molecule is COC1=NCCC(C(C)(C)C)C1. The highest BCUT2D eigenvalue weighted by molar-refractivity contribution is 5.76. The van der Waals surface area contributed by atoms with E-state index < -0.39 is 0 Å². The monoisotopic (exact) mass is 169 g/mol. The second kappa shape index (κ2) is 3.46. The van der Waals surface area contributed by atoms with Gasteiger partial charge < -0.3 is 4.74 Å². The van der Waals surface area contributed by atoms with Gasteiger partial charge in [-0.1, -0.05) is 20.8 Å². The molecule has 0 aliphatic carbocycles. The van der Waals surface area contributed by atoms with Crippen molar-refractivity contribution in [3.8, 4) is 0 Å². The van der Waals surface area contributed by atoms with Crippen LogP contribution < -0.4 is 0 Å². The predicted molar refractivity (Wildman–Crippen MR) is 51.5 cm³/mol. The van der Waals surface area contributed by atoms with Gasteiger partial charge >= 0.3 is 0 Å². The fourth-order valence-electron chi connectivity index (χ4n) is 1.61. The molecule has 1 heterocycles. The minimum atomic E-state index is 0.389. The smallest absolute Gasteiger partial charge is 0.183 e. The minimum absolute atomic E-state index is 0.389. The summed E-state index contributed by atoms with van der Waals surface area (Å²) in [6.07, 6.45) is 2.22. The molecule has 1 aliphatic rings. The molecule has 0 bridgehead atoms. The van der Waals surface area contributed by atoms with Crippen LogP contribution in [0.2, 0.25) is 0 Å². The Balaban J connectivity index is 2.57. The van der Waals surface area contributed by atoms with Crippen LogP contribution in [-0.2, 0) is 4.74 Å². The molecule has 0 N–H and O–H groups in total. The Morgan fingerprint density at radius 3 is 2.58 bits per heavy atom. The average Bonchev–Trinajstić information content (AvgIpc) is 2.03. The zero-order chi connectivity index (χ0) is 9.19. The number of hydrogen-bond acceptors (Lipinski definition) is 2. The van der Waals surface area contributed by atoms with E-state index in [-0.39, 0.29) is 0 Å². The Kier molecular flexibility index (Phi) is 2.76. The number of hydrogen-bond donors (Lipinski definition) is 0. The minimum Gasteiger partial charge on any atom is -0.484 e. The maximum atomic E-state index is 5.17. The van der Waals surface area contributed by atoms with Gasteiger partial charge in [-0.05, 0) is 17.8 Å². The van der Waals surface area contributed by atoms with Crippen LogP contribution in [0.4, 0.5) is 0 Å². The molecule has 0 fully saturated rings. The van der Waals surface area contributed by atoms with Crippen molar-refractivity contribution < 1.29 is 4.74 Å². The summed E-state index contributed by atoms with van der Waals surface area (Å²) in [7, 11) is 1.71. The standard InChI is InChI=1S/C10H19NO/c1-10(2,3)8-5-6-11-9(7-8)12-4/h8H,5-7H2,1-4H3. The lowest BCUT2D eigenvalue weighted by molar-refractivity contribution is 0.213. The van der Waals surface area contributed by atoms with Gasteiger partial charge in [-0.3, -0.25) is 4.99 Å². The fraction of sp³-hybridized carbons (Fsp3) is 0.900. The van der Waals surface area contributed by atoms with Gasteiger partial charge in [0.15, 0.2) is 5.90 Å². The highest BCUT2D eigenvalue weighted by Crippen LogP contribution is 2.33. The summed E-state index contributed by atoms with van der Waals surface area (Å²) in [5.41, 5.74) is 0.389. The highest BCUT2D eigenvalue weighted by atomic mass is 16.5. The first-order valence-electron chi connectivity index (χ1n) is 4.61. The third-order valence-electron chi connectivity index (χ3n) is 2.65. The van der Waals surface area contributed by atoms with E-state index in [0.29, 0.717) is 5.41 Å². The van der Waals surface area contributed by atoms with Gasteiger partial charge in [0.25, 0.3) is 0 Å². The molecule has 12 heavy (non-hydrogen) atoms. The lowest BCUT2D eigenvalue weighted by Crippen LogP contribution is -2.28. The van der Waals surface area contributed by atoms with E-state index in [1.807, 2.05) is 0 Å². The number of aliphatic imine (C=N–C) groups is 1. The summed E-state index contributed by atoms with van der Waals surface area (Å²) in [5, 5.41) is 0. The van der Waals surface area contributed by atoms with Crippen LogP contribution in [0.25, 0.3) is 0 Å². The Morgan fingerprint density at radius 2 is 2.08 bits per heavy atom. The van der Waals surface area contributed by atoms with E-state index in [9.17, 15) is 0 Å². The normalized spacial score (nSPS) is 25.0. The van der Waals surface area contributed by atoms with Crippen LogP contribution in [0.1, 0.15) is 33.6 Å². The summed E-state index contributed by atoms with van der Waals surface area (Å²) in [6, 6.07) is 0. The summed E-state index contributed by atoms with van der Waals surface area (Å²) < 4.78 is 5.17. The molecular weight excluding hydrogens is 150 g/mol. The molecule has 0 saturated heterocycles. The van der Waals surface area contributed by atoms with Crippen LogP contribution in [0.5, 0.6) is 0 Å². The molecule has 0 aromatic heterocycles. The van der Waals surface area contributed by atoms with E-state index in [0.717, 1.165) is 24.8 Å². The van der Waals surface area contributed by atoms with Gasteiger partial charge in [-0.2, -0.15) is 0 Å². The molecule has 0 aromatic carbocycles. The molecule has 1 unspecified atom stereocenters. The van der Waals surface area contributed by atoms with Gasteiger partial charge in [0, 0.05) is 13.0 Å². The Bertz CT molecular complexity index is 179. The lowest BCUT2D eigenvalue weighted by Gasteiger charge is -2.32. The zero-order valence-corrected chi connectivity index (χ0v) is 8.55. The maximum Gasteiger partial charge on any atom is 0.183 e. The first kappa shape index (κ1) is 9.56. The Morgan fingerprint density at radius 1 is 1.42 bits per heavy atom. The summed E-state index contributed by atoms with van der Waals surface area (Å²) in [6.45, 7) is 7.80. The maximum absolute atomic E-state index is 5.17. The van der Waals surface area contributed by atoms with E-state index in [4.69, 9.17) is 4.74 Å². The number of methoxy groups -OCH3 is 1. The van der Waals surface area contributed by atoms with Crippen LogP contribution in [0.3, 0.4) is 0 Å². The first-order chi connectivity index (χ1) is 5.54. The molecule has 1 rings (SSSR count). The zero-order valence-electron chi connectivity index (χ0n) is 8.55. The molecule has 70 valence electrons. The molecule has 0 spiro atoms. The average molecular weight is 169 g/mol. The third-order valence-corrected chi connectivity index (χ3v) is 2.65. The second-order valence-electron chi connectivity index (χ2n) is 4.54. The van der Waals surface area contributed by atoms with Crippen LogP contribution in [0.15, 0.2) is 4.99 Å². The van der Waals surface area contributed by atoms with Crippen molar-refractivity contribution in [2.75, 3.05) is 13.7 Å². The molecule has 0 radical (unpaired) electrons. The molecule has 0 amide bonds. The van der Waals surface area contributed by atoms with Crippen molar-refractivity contribution in [1.29, 1.82) is 0 Å². The quantitative estimate of drug-likeness (QED) is 0.546. The molecule has 1 aliphatic heterocycles. The lowest BCUT2D eigenvalue weighted by atomic mass is 9.76. The molecule has 2 heteroatoms. The van der Waals surface area contributed by atoms with Gasteiger partial charge in [-0.25, -0.2) is 0 Å². The summed E-state index contributed by atoms with van der Waals surface area (Å²) in [4.78, 5) is 4.31. The summed E-state index contributed by atoms with van der Waals surface area (Å²) >= 11 is 0. The molecular formula is C10H19NO. The van der Waals surface area contributed by atoms with E-state index >= 15 is 0 Å². The molecule has 2 nitrogen and oxygen atoms in total. The van der Waals surface area contributed by atoms with Gasteiger partial charge in [-0.15, -0.1) is 0 Å². The van der Waals surface area contributed by atoms with Gasteiger partial charge in [0.1, 0.15) is 0 Å². The molecule has 0 aromatic rings.